The van der Waals surface area contributed by atoms with E-state index >= 15 is 0 Å². The maximum absolute atomic E-state index is 12.2. The molecule has 1 N–H and O–H groups in total. The molecule has 0 fully saturated rings. The average molecular weight is 424 g/mol. The summed E-state index contributed by atoms with van der Waals surface area (Å²) in [6.07, 6.45) is 1.47. The molecular formula is C17H11Cl2N3O4S. The second kappa shape index (κ2) is 8.34. The first-order chi connectivity index (χ1) is 13.0. The third-order valence-corrected chi connectivity index (χ3v) is 4.82. The summed E-state index contributed by atoms with van der Waals surface area (Å²) in [6.45, 7) is 0. The monoisotopic (exact) mass is 423 g/mol. The van der Waals surface area contributed by atoms with Crippen LogP contribution >= 0.6 is 34.5 Å². The lowest BCUT2D eigenvalue weighted by atomic mass is 10.3. The highest BCUT2D eigenvalue weighted by molar-refractivity contribution is 7.15. The van der Waals surface area contributed by atoms with Crippen LogP contribution in [0.4, 0.5) is 5.69 Å². The Labute approximate surface area is 167 Å². The highest BCUT2D eigenvalue weighted by atomic mass is 35.5. The van der Waals surface area contributed by atoms with Crippen molar-refractivity contribution in [3.8, 4) is 0 Å². The molecule has 2 aromatic heterocycles. The van der Waals surface area contributed by atoms with Crippen molar-refractivity contribution in [2.75, 3.05) is 12.4 Å². The number of benzene rings is 1. The van der Waals surface area contributed by atoms with Gasteiger partial charge < -0.3 is 14.5 Å². The number of rotatable bonds is 5. The minimum absolute atomic E-state index is 0.0495. The Morgan fingerprint density at radius 3 is 2.56 bits per heavy atom. The summed E-state index contributed by atoms with van der Waals surface area (Å²) in [5.41, 5.74) is 0.578. The minimum atomic E-state index is -0.595. The van der Waals surface area contributed by atoms with Crippen molar-refractivity contribution in [1.82, 2.24) is 10.2 Å². The fourth-order valence-corrected chi connectivity index (χ4v) is 2.99. The van der Waals surface area contributed by atoms with Crippen LogP contribution in [0.15, 0.2) is 40.8 Å². The summed E-state index contributed by atoms with van der Waals surface area (Å²) < 4.78 is 9.87. The Morgan fingerprint density at radius 1 is 1.15 bits per heavy atom. The summed E-state index contributed by atoms with van der Waals surface area (Å²) in [4.78, 5) is 23.6. The molecule has 27 heavy (non-hydrogen) atoms. The molecule has 0 radical (unpaired) electrons. The zero-order chi connectivity index (χ0) is 19.4. The predicted molar refractivity (Wildman–Crippen MR) is 103 cm³/mol. The van der Waals surface area contributed by atoms with E-state index in [0.717, 1.165) is 11.3 Å². The van der Waals surface area contributed by atoms with Gasteiger partial charge in [-0.2, -0.15) is 0 Å². The van der Waals surface area contributed by atoms with Crippen LogP contribution in [0.25, 0.3) is 11.1 Å². The van der Waals surface area contributed by atoms with Gasteiger partial charge in [-0.15, -0.1) is 10.2 Å². The number of aromatic nitrogens is 2. The molecule has 2 heterocycles. The first-order valence-electron chi connectivity index (χ1n) is 7.42. The van der Waals surface area contributed by atoms with E-state index in [2.05, 4.69) is 20.3 Å². The molecule has 3 rings (SSSR count). The first-order valence-corrected chi connectivity index (χ1v) is 8.99. The lowest BCUT2D eigenvalue weighted by molar-refractivity contribution is 0.0564. The molecule has 3 aromatic rings. The third-order valence-electron chi connectivity index (χ3n) is 3.21. The number of furan rings is 1. The van der Waals surface area contributed by atoms with Gasteiger partial charge in [0.15, 0.2) is 5.01 Å². The van der Waals surface area contributed by atoms with E-state index in [4.69, 9.17) is 27.6 Å². The highest BCUT2D eigenvalue weighted by Gasteiger charge is 2.16. The second-order valence-electron chi connectivity index (χ2n) is 5.06. The van der Waals surface area contributed by atoms with E-state index in [0.29, 0.717) is 21.5 Å². The van der Waals surface area contributed by atoms with E-state index < -0.39 is 11.9 Å². The topological polar surface area (TPSA) is 94.3 Å². The van der Waals surface area contributed by atoms with Crippen LogP contribution in [0.3, 0.4) is 0 Å². The van der Waals surface area contributed by atoms with Crippen molar-refractivity contribution < 1.29 is 18.7 Å². The molecule has 0 spiro atoms. The number of nitrogens with zero attached hydrogens (tertiary/aromatic N) is 2. The predicted octanol–water partition coefficient (Wildman–Crippen LogP) is 4.56. The zero-order valence-corrected chi connectivity index (χ0v) is 16.1. The van der Waals surface area contributed by atoms with Gasteiger partial charge in [0, 0.05) is 16.8 Å². The van der Waals surface area contributed by atoms with Crippen molar-refractivity contribution in [2.45, 2.75) is 0 Å². The SMILES string of the molecule is COC(=O)c1ccc(/C=C(/Cl)c2nnc(C(=O)Nc3ccc(Cl)cc3)s2)o1. The number of methoxy groups -OCH3 is 1. The number of carbonyl (C=O) groups is 2. The van der Waals surface area contributed by atoms with Crippen LogP contribution in [-0.4, -0.2) is 29.2 Å². The highest BCUT2D eigenvalue weighted by Crippen LogP contribution is 2.26. The van der Waals surface area contributed by atoms with Gasteiger partial charge in [-0.25, -0.2) is 4.79 Å². The largest absolute Gasteiger partial charge is 0.463 e. The molecule has 1 amide bonds. The molecule has 10 heteroatoms. The molecule has 0 aliphatic carbocycles. The number of hydrogen-bond acceptors (Lipinski definition) is 7. The van der Waals surface area contributed by atoms with Gasteiger partial charge in [0.2, 0.25) is 10.8 Å². The van der Waals surface area contributed by atoms with E-state index in [9.17, 15) is 9.59 Å². The van der Waals surface area contributed by atoms with Gasteiger partial charge in [0.25, 0.3) is 5.91 Å². The van der Waals surface area contributed by atoms with Crippen molar-refractivity contribution in [3.05, 3.63) is 63.0 Å². The smallest absolute Gasteiger partial charge is 0.373 e. The summed E-state index contributed by atoms with van der Waals surface area (Å²) >= 11 is 13.0. The molecule has 7 nitrogen and oxygen atoms in total. The van der Waals surface area contributed by atoms with E-state index in [1.807, 2.05) is 0 Å². The van der Waals surface area contributed by atoms with Crippen LogP contribution in [0, 0.1) is 0 Å². The molecular weight excluding hydrogens is 413 g/mol. The normalized spacial score (nSPS) is 11.3. The molecule has 0 saturated carbocycles. The molecule has 0 unspecified atom stereocenters. The van der Waals surface area contributed by atoms with Gasteiger partial charge in [0.1, 0.15) is 5.76 Å². The van der Waals surface area contributed by atoms with Crippen LogP contribution in [0.2, 0.25) is 5.02 Å². The first kappa shape index (κ1) is 19.1. The Kier molecular flexibility index (Phi) is 5.90. The van der Waals surface area contributed by atoms with Crippen LogP contribution in [0.5, 0.6) is 0 Å². The van der Waals surface area contributed by atoms with Crippen molar-refractivity contribution >= 4 is 63.2 Å². The standard InChI is InChI=1S/C17H11Cl2N3O4S/c1-25-17(24)13-7-6-11(26-13)8-12(19)15-21-22-16(27-15)14(23)20-10-4-2-9(18)3-5-10/h2-8H,1H3,(H,20,23)/b12-8+. The van der Waals surface area contributed by atoms with Gasteiger partial charge in [-0.1, -0.05) is 34.5 Å². The number of hydrogen-bond donors (Lipinski definition) is 1. The van der Waals surface area contributed by atoms with Crippen molar-refractivity contribution in [2.24, 2.45) is 0 Å². The van der Waals surface area contributed by atoms with E-state index in [1.54, 1.807) is 30.3 Å². The number of esters is 1. The number of carbonyl (C=O) groups excluding carboxylic acids is 2. The second-order valence-corrected chi connectivity index (χ2v) is 6.88. The van der Waals surface area contributed by atoms with Crippen molar-refractivity contribution in [3.63, 3.8) is 0 Å². The molecule has 0 aliphatic heterocycles. The Hall–Kier alpha value is -2.68. The maximum atomic E-state index is 12.2. The van der Waals surface area contributed by atoms with Gasteiger partial charge in [-0.05, 0) is 36.4 Å². The molecule has 0 saturated heterocycles. The fourth-order valence-electron chi connectivity index (χ4n) is 1.96. The molecule has 1 aromatic carbocycles. The molecule has 138 valence electrons. The maximum Gasteiger partial charge on any atom is 0.373 e. The van der Waals surface area contributed by atoms with Gasteiger partial charge in [-0.3, -0.25) is 4.79 Å². The number of amides is 1. The van der Waals surface area contributed by atoms with Gasteiger partial charge in [0.05, 0.1) is 12.1 Å². The van der Waals surface area contributed by atoms with Gasteiger partial charge >= 0.3 is 5.97 Å². The lowest BCUT2D eigenvalue weighted by Crippen LogP contribution is -2.11. The number of nitrogens with one attached hydrogen (secondary N) is 1. The molecule has 0 bridgehead atoms. The molecule has 0 atom stereocenters. The van der Waals surface area contributed by atoms with E-state index in [1.165, 1.54) is 19.3 Å². The fraction of sp³-hybridized carbons (Fsp3) is 0.0588. The zero-order valence-electron chi connectivity index (χ0n) is 13.7. The van der Waals surface area contributed by atoms with Crippen LogP contribution < -0.4 is 5.32 Å². The Balaban J connectivity index is 1.72. The number of halogens is 2. The quantitative estimate of drug-likeness (QED) is 0.604. The van der Waals surface area contributed by atoms with E-state index in [-0.39, 0.29) is 15.8 Å². The Bertz CT molecular complexity index is 1010. The molecule has 0 aliphatic rings. The summed E-state index contributed by atoms with van der Waals surface area (Å²) in [5.74, 6) is -0.629. The minimum Gasteiger partial charge on any atom is -0.463 e. The lowest BCUT2D eigenvalue weighted by Gasteiger charge is -2.01. The Morgan fingerprint density at radius 2 is 1.85 bits per heavy atom. The summed E-state index contributed by atoms with van der Waals surface area (Å²) in [6, 6.07) is 9.69. The average Bonchev–Trinajstić information content (AvgIpc) is 3.32. The van der Waals surface area contributed by atoms with Crippen LogP contribution in [-0.2, 0) is 4.74 Å². The number of anilines is 1. The third kappa shape index (κ3) is 4.73. The van der Waals surface area contributed by atoms with Crippen LogP contribution in [0.1, 0.15) is 31.1 Å². The van der Waals surface area contributed by atoms with Crippen molar-refractivity contribution in [1.29, 1.82) is 0 Å². The summed E-state index contributed by atoms with van der Waals surface area (Å²) in [7, 11) is 1.26. The number of ether oxygens (including phenoxy) is 1. The summed E-state index contributed by atoms with van der Waals surface area (Å²) in [5, 5.41) is 11.7.